The van der Waals surface area contributed by atoms with E-state index in [2.05, 4.69) is 10.3 Å². The van der Waals surface area contributed by atoms with Crippen molar-refractivity contribution in [3.05, 3.63) is 35.6 Å². The van der Waals surface area contributed by atoms with E-state index in [1.165, 1.54) is 17.0 Å². The van der Waals surface area contributed by atoms with Gasteiger partial charge in [0.05, 0.1) is 0 Å². The van der Waals surface area contributed by atoms with Crippen LogP contribution in [0.4, 0.5) is 4.39 Å². The van der Waals surface area contributed by atoms with Crippen molar-refractivity contribution in [3.8, 4) is 0 Å². The summed E-state index contributed by atoms with van der Waals surface area (Å²) in [6.07, 6.45) is 0. The maximum absolute atomic E-state index is 12.9. The Morgan fingerprint density at radius 3 is 2.32 bits per heavy atom. The van der Waals surface area contributed by atoms with Gasteiger partial charge >= 0.3 is 0 Å². The van der Waals surface area contributed by atoms with Crippen LogP contribution in [0.1, 0.15) is 12.5 Å². The standard InChI is InChI=1S/C15H23FN4O.HI/c1-5-17-15(18-10-14(21)19(2)3)20(4)11-12-6-8-13(16)9-7-12;/h6-9H,5,10-11H2,1-4H3,(H,17,18);1H. The molecule has 5 nitrogen and oxygen atoms in total. The number of carbonyl (C=O) groups excluding carboxylic acids is 1. The van der Waals surface area contributed by atoms with E-state index in [-0.39, 0.29) is 42.2 Å². The average Bonchev–Trinajstić information content (AvgIpc) is 2.45. The van der Waals surface area contributed by atoms with Gasteiger partial charge < -0.3 is 15.1 Å². The van der Waals surface area contributed by atoms with Crippen LogP contribution >= 0.6 is 24.0 Å². The maximum atomic E-state index is 12.9. The number of halogens is 2. The zero-order chi connectivity index (χ0) is 15.8. The van der Waals surface area contributed by atoms with Gasteiger partial charge in [0, 0.05) is 34.2 Å². The molecular weight excluding hydrogens is 398 g/mol. The summed E-state index contributed by atoms with van der Waals surface area (Å²) in [5.41, 5.74) is 0.975. The molecule has 7 heteroatoms. The minimum atomic E-state index is -0.251. The highest BCUT2D eigenvalue weighted by Crippen LogP contribution is 2.05. The van der Waals surface area contributed by atoms with Crippen molar-refractivity contribution in [3.63, 3.8) is 0 Å². The third-order valence-corrected chi connectivity index (χ3v) is 2.89. The van der Waals surface area contributed by atoms with Gasteiger partial charge in [-0.1, -0.05) is 12.1 Å². The first kappa shape index (κ1) is 20.6. The summed E-state index contributed by atoms with van der Waals surface area (Å²) >= 11 is 0. The molecule has 0 unspecified atom stereocenters. The number of likely N-dealkylation sites (N-methyl/N-ethyl adjacent to an activating group) is 1. The van der Waals surface area contributed by atoms with Crippen molar-refractivity contribution in [2.45, 2.75) is 13.5 Å². The molecule has 0 heterocycles. The van der Waals surface area contributed by atoms with Gasteiger partial charge in [0.25, 0.3) is 0 Å². The van der Waals surface area contributed by atoms with Crippen molar-refractivity contribution < 1.29 is 9.18 Å². The third kappa shape index (κ3) is 7.06. The highest BCUT2D eigenvalue weighted by atomic mass is 127. The minimum absolute atomic E-state index is 0. The van der Waals surface area contributed by atoms with Gasteiger partial charge in [0.2, 0.25) is 5.91 Å². The molecule has 0 aliphatic rings. The number of amides is 1. The van der Waals surface area contributed by atoms with Gasteiger partial charge in [0.1, 0.15) is 12.4 Å². The molecule has 0 radical (unpaired) electrons. The summed E-state index contributed by atoms with van der Waals surface area (Å²) < 4.78 is 12.9. The van der Waals surface area contributed by atoms with E-state index in [1.807, 2.05) is 18.9 Å². The van der Waals surface area contributed by atoms with Crippen LogP contribution in [0.15, 0.2) is 29.3 Å². The molecule has 1 N–H and O–H groups in total. The molecule has 0 bridgehead atoms. The van der Waals surface area contributed by atoms with Crippen molar-refractivity contribution >= 4 is 35.8 Å². The van der Waals surface area contributed by atoms with Crippen molar-refractivity contribution in [1.82, 2.24) is 15.1 Å². The fourth-order valence-corrected chi connectivity index (χ4v) is 1.69. The predicted octanol–water partition coefficient (Wildman–Crippen LogP) is 1.93. The fraction of sp³-hybridized carbons (Fsp3) is 0.467. The van der Waals surface area contributed by atoms with E-state index < -0.39 is 0 Å². The lowest BCUT2D eigenvalue weighted by atomic mass is 10.2. The molecule has 0 saturated carbocycles. The van der Waals surface area contributed by atoms with Gasteiger partial charge in [-0.3, -0.25) is 4.79 Å². The number of nitrogens with zero attached hydrogens (tertiary/aromatic N) is 3. The van der Waals surface area contributed by atoms with E-state index in [0.29, 0.717) is 19.0 Å². The predicted molar refractivity (Wildman–Crippen MR) is 98.0 cm³/mol. The minimum Gasteiger partial charge on any atom is -0.357 e. The SMILES string of the molecule is CCNC(=NCC(=O)N(C)C)N(C)Cc1ccc(F)cc1.I. The number of guanidine groups is 1. The number of nitrogens with one attached hydrogen (secondary N) is 1. The first-order valence-electron chi connectivity index (χ1n) is 6.88. The van der Waals surface area contributed by atoms with E-state index in [0.717, 1.165) is 5.56 Å². The van der Waals surface area contributed by atoms with Gasteiger partial charge in [-0.15, -0.1) is 24.0 Å². The molecule has 124 valence electrons. The third-order valence-electron chi connectivity index (χ3n) is 2.89. The van der Waals surface area contributed by atoms with E-state index in [9.17, 15) is 9.18 Å². The van der Waals surface area contributed by atoms with Crippen LogP contribution in [-0.4, -0.2) is 55.9 Å². The number of hydrogen-bond acceptors (Lipinski definition) is 2. The van der Waals surface area contributed by atoms with Crippen molar-refractivity contribution in [2.24, 2.45) is 4.99 Å². The van der Waals surface area contributed by atoms with Crippen LogP contribution in [0.3, 0.4) is 0 Å². The summed E-state index contributed by atoms with van der Waals surface area (Å²) in [6, 6.07) is 6.34. The lowest BCUT2D eigenvalue weighted by Gasteiger charge is -2.22. The fourth-order valence-electron chi connectivity index (χ4n) is 1.69. The largest absolute Gasteiger partial charge is 0.357 e. The van der Waals surface area contributed by atoms with Crippen LogP contribution in [0.5, 0.6) is 0 Å². The molecule has 1 rings (SSSR count). The van der Waals surface area contributed by atoms with Crippen LogP contribution in [-0.2, 0) is 11.3 Å². The van der Waals surface area contributed by atoms with Gasteiger partial charge in [-0.05, 0) is 24.6 Å². The molecule has 22 heavy (non-hydrogen) atoms. The Morgan fingerprint density at radius 2 is 1.82 bits per heavy atom. The Bertz CT molecular complexity index is 491. The second-order valence-corrected chi connectivity index (χ2v) is 4.94. The molecule has 1 amide bonds. The number of aliphatic imine (C=N–C) groups is 1. The maximum Gasteiger partial charge on any atom is 0.243 e. The highest BCUT2D eigenvalue weighted by molar-refractivity contribution is 14.0. The number of benzene rings is 1. The van der Waals surface area contributed by atoms with Crippen molar-refractivity contribution in [2.75, 3.05) is 34.2 Å². The topological polar surface area (TPSA) is 47.9 Å². The Morgan fingerprint density at radius 1 is 1.23 bits per heavy atom. The molecule has 0 aliphatic carbocycles. The Hall–Kier alpha value is -1.38. The number of carbonyl (C=O) groups is 1. The summed E-state index contributed by atoms with van der Waals surface area (Å²) in [5, 5.41) is 3.14. The summed E-state index contributed by atoms with van der Waals surface area (Å²) in [6.45, 7) is 3.36. The normalized spacial score (nSPS) is 10.7. The molecule has 1 aromatic carbocycles. The monoisotopic (exact) mass is 422 g/mol. The number of rotatable bonds is 5. The molecule has 0 spiro atoms. The second kappa shape index (κ2) is 10.4. The molecule has 0 atom stereocenters. The molecule has 0 aliphatic heterocycles. The molecule has 1 aromatic rings. The first-order valence-corrected chi connectivity index (χ1v) is 6.88. The Balaban J connectivity index is 0.00000441. The van der Waals surface area contributed by atoms with Crippen LogP contribution in [0.25, 0.3) is 0 Å². The summed E-state index contributed by atoms with van der Waals surface area (Å²) in [5.74, 6) is 0.344. The average molecular weight is 422 g/mol. The lowest BCUT2D eigenvalue weighted by molar-refractivity contribution is -0.127. The number of hydrogen-bond donors (Lipinski definition) is 1. The molecule has 0 fully saturated rings. The first-order chi connectivity index (χ1) is 9.93. The van der Waals surface area contributed by atoms with Crippen LogP contribution < -0.4 is 5.32 Å². The van der Waals surface area contributed by atoms with Gasteiger partial charge in [-0.25, -0.2) is 9.38 Å². The second-order valence-electron chi connectivity index (χ2n) is 4.94. The molecular formula is C15H24FIN4O. The van der Waals surface area contributed by atoms with E-state index >= 15 is 0 Å². The van der Waals surface area contributed by atoms with E-state index in [4.69, 9.17) is 0 Å². The van der Waals surface area contributed by atoms with Crippen LogP contribution in [0.2, 0.25) is 0 Å². The van der Waals surface area contributed by atoms with E-state index in [1.54, 1.807) is 26.2 Å². The zero-order valence-corrected chi connectivity index (χ0v) is 15.8. The quantitative estimate of drug-likeness (QED) is 0.448. The van der Waals surface area contributed by atoms with Crippen LogP contribution in [0, 0.1) is 5.82 Å². The molecule has 0 saturated heterocycles. The summed E-state index contributed by atoms with van der Waals surface area (Å²) in [7, 11) is 5.28. The molecule has 0 aromatic heterocycles. The van der Waals surface area contributed by atoms with Gasteiger partial charge in [-0.2, -0.15) is 0 Å². The zero-order valence-electron chi connectivity index (χ0n) is 13.5. The Kier molecular flexibility index (Phi) is 9.71. The lowest BCUT2D eigenvalue weighted by Crippen LogP contribution is -2.39. The van der Waals surface area contributed by atoms with Gasteiger partial charge in [0.15, 0.2) is 5.96 Å². The van der Waals surface area contributed by atoms with Crippen molar-refractivity contribution in [1.29, 1.82) is 0 Å². The smallest absolute Gasteiger partial charge is 0.243 e. The summed E-state index contributed by atoms with van der Waals surface area (Å²) in [4.78, 5) is 19.3. The highest BCUT2D eigenvalue weighted by Gasteiger charge is 2.09. The Labute approximate surface area is 148 Å².